The van der Waals surface area contributed by atoms with E-state index in [0.717, 1.165) is 11.8 Å². The summed E-state index contributed by atoms with van der Waals surface area (Å²) in [7, 11) is 0. The first-order valence-electron chi connectivity index (χ1n) is 4.03. The molecule has 0 radical (unpaired) electrons. The van der Waals surface area contributed by atoms with Gasteiger partial charge in [0.25, 0.3) is 5.92 Å². The maximum Gasteiger partial charge on any atom is 0.251 e. The van der Waals surface area contributed by atoms with E-state index in [4.69, 9.17) is 0 Å². The van der Waals surface area contributed by atoms with Gasteiger partial charge in [-0.05, 0) is 12.8 Å². The molecule has 0 unspecified atom stereocenters. The summed E-state index contributed by atoms with van der Waals surface area (Å²) in [4.78, 5) is 10.5. The Morgan fingerprint density at radius 2 is 2.33 bits per heavy atom. The maximum absolute atomic E-state index is 12.9. The topological polar surface area (TPSA) is 17.1 Å². The molecule has 0 aliphatic heterocycles. The minimum absolute atomic E-state index is 0.00384. The lowest BCUT2D eigenvalue weighted by atomic mass is 10.1. The van der Waals surface area contributed by atoms with Crippen LogP contribution in [0.25, 0.3) is 0 Å². The molecule has 1 fully saturated rings. The molecule has 0 N–H and O–H groups in total. The highest BCUT2D eigenvalue weighted by atomic mass is 32.2. The maximum atomic E-state index is 12.9. The van der Waals surface area contributed by atoms with Gasteiger partial charge in [0.15, 0.2) is 5.12 Å². The first kappa shape index (κ1) is 9.96. The summed E-state index contributed by atoms with van der Waals surface area (Å²) in [6, 6.07) is 0. The molecular weight excluding hydrogens is 182 g/mol. The van der Waals surface area contributed by atoms with Crippen molar-refractivity contribution < 1.29 is 13.6 Å². The van der Waals surface area contributed by atoms with Gasteiger partial charge in [0, 0.05) is 25.0 Å². The first-order chi connectivity index (χ1) is 5.52. The van der Waals surface area contributed by atoms with Crippen LogP contribution in [0.1, 0.15) is 26.2 Å². The lowest BCUT2D eigenvalue weighted by molar-refractivity contribution is -0.109. The van der Waals surface area contributed by atoms with Gasteiger partial charge in [-0.15, -0.1) is 0 Å². The summed E-state index contributed by atoms with van der Waals surface area (Å²) in [5, 5.41) is -0.0716. The second-order valence-electron chi connectivity index (χ2n) is 3.15. The van der Waals surface area contributed by atoms with Crippen LogP contribution in [0, 0.1) is 5.92 Å². The Morgan fingerprint density at radius 1 is 1.67 bits per heavy atom. The summed E-state index contributed by atoms with van der Waals surface area (Å²) in [6.07, 6.45) is 1.15. The van der Waals surface area contributed by atoms with Crippen LogP contribution in [0.4, 0.5) is 8.78 Å². The zero-order chi connectivity index (χ0) is 9.19. The van der Waals surface area contributed by atoms with Crippen molar-refractivity contribution in [1.29, 1.82) is 0 Å². The van der Waals surface area contributed by atoms with E-state index in [1.165, 1.54) is 6.92 Å². The summed E-state index contributed by atoms with van der Waals surface area (Å²) in [6.45, 7) is 1.41. The molecule has 0 aromatic rings. The minimum Gasteiger partial charge on any atom is -0.288 e. The van der Waals surface area contributed by atoms with Crippen LogP contribution in [0.2, 0.25) is 0 Å². The molecule has 1 aliphatic rings. The second kappa shape index (κ2) is 3.73. The molecule has 0 saturated heterocycles. The Kier molecular flexibility index (Phi) is 3.09. The monoisotopic (exact) mass is 194 g/mol. The fraction of sp³-hybridized carbons (Fsp3) is 0.875. The van der Waals surface area contributed by atoms with E-state index in [1.807, 2.05) is 0 Å². The van der Waals surface area contributed by atoms with Crippen LogP contribution in [0.15, 0.2) is 0 Å². The van der Waals surface area contributed by atoms with Gasteiger partial charge in [-0.25, -0.2) is 8.78 Å². The van der Waals surface area contributed by atoms with Crippen molar-refractivity contribution >= 4 is 16.9 Å². The van der Waals surface area contributed by atoms with Gasteiger partial charge < -0.3 is 0 Å². The number of halogens is 2. The van der Waals surface area contributed by atoms with Gasteiger partial charge in [-0.3, -0.25) is 4.79 Å². The molecule has 1 aliphatic carbocycles. The predicted molar refractivity (Wildman–Crippen MR) is 45.4 cm³/mol. The molecule has 0 aromatic carbocycles. The average molecular weight is 194 g/mol. The molecule has 70 valence electrons. The Labute approximate surface area is 74.9 Å². The highest BCUT2D eigenvalue weighted by Crippen LogP contribution is 2.41. The minimum atomic E-state index is -2.53. The molecule has 0 spiro atoms. The van der Waals surface area contributed by atoms with Crippen molar-refractivity contribution in [1.82, 2.24) is 0 Å². The third-order valence-electron chi connectivity index (χ3n) is 2.15. The SMILES string of the molecule is CC(=O)SC[C@@H]1CCCC1(F)F. The van der Waals surface area contributed by atoms with E-state index >= 15 is 0 Å². The molecule has 1 rings (SSSR count). The van der Waals surface area contributed by atoms with Crippen LogP contribution in [0.3, 0.4) is 0 Å². The van der Waals surface area contributed by atoms with Crippen molar-refractivity contribution in [2.24, 2.45) is 5.92 Å². The molecule has 1 saturated carbocycles. The van der Waals surface area contributed by atoms with Crippen molar-refractivity contribution in [3.63, 3.8) is 0 Å². The Bertz CT molecular complexity index is 182. The van der Waals surface area contributed by atoms with Gasteiger partial charge in [0.1, 0.15) is 0 Å². The van der Waals surface area contributed by atoms with Crippen LogP contribution < -0.4 is 0 Å². The normalized spacial score (nSPS) is 27.4. The summed E-state index contributed by atoms with van der Waals surface area (Å²) in [5.41, 5.74) is 0. The van der Waals surface area contributed by atoms with Crippen LogP contribution in [0.5, 0.6) is 0 Å². The zero-order valence-corrected chi connectivity index (χ0v) is 7.79. The molecule has 0 aromatic heterocycles. The fourth-order valence-corrected chi connectivity index (χ4v) is 2.27. The number of hydrogen-bond donors (Lipinski definition) is 0. The Hall–Kier alpha value is -0.120. The highest BCUT2D eigenvalue weighted by molar-refractivity contribution is 8.13. The van der Waals surface area contributed by atoms with E-state index in [1.54, 1.807) is 0 Å². The van der Waals surface area contributed by atoms with Crippen molar-refractivity contribution in [3.05, 3.63) is 0 Å². The summed E-state index contributed by atoms with van der Waals surface area (Å²) >= 11 is 1.01. The van der Waals surface area contributed by atoms with Crippen LogP contribution in [-0.2, 0) is 4.79 Å². The van der Waals surface area contributed by atoms with Crippen molar-refractivity contribution in [3.8, 4) is 0 Å². The fourth-order valence-electron chi connectivity index (χ4n) is 1.42. The van der Waals surface area contributed by atoms with Gasteiger partial charge in [0.2, 0.25) is 0 Å². The molecule has 4 heteroatoms. The van der Waals surface area contributed by atoms with Crippen LogP contribution >= 0.6 is 11.8 Å². The standard InChI is InChI=1S/C8H12F2OS/c1-6(11)12-5-7-3-2-4-8(7,9)10/h7H,2-5H2,1H3/t7-/m0/s1. The number of thioether (sulfide) groups is 1. The van der Waals surface area contributed by atoms with Gasteiger partial charge >= 0.3 is 0 Å². The lowest BCUT2D eigenvalue weighted by Crippen LogP contribution is -2.23. The Morgan fingerprint density at radius 3 is 2.75 bits per heavy atom. The smallest absolute Gasteiger partial charge is 0.251 e. The van der Waals surface area contributed by atoms with E-state index in [9.17, 15) is 13.6 Å². The summed E-state index contributed by atoms with van der Waals surface area (Å²) < 4.78 is 25.9. The third-order valence-corrected chi connectivity index (χ3v) is 3.12. The quantitative estimate of drug-likeness (QED) is 0.672. The summed E-state index contributed by atoms with van der Waals surface area (Å²) in [5.74, 6) is -2.82. The van der Waals surface area contributed by atoms with Gasteiger partial charge in [0.05, 0.1) is 0 Å². The number of rotatable bonds is 2. The molecular formula is C8H12F2OS. The Balaban J connectivity index is 2.36. The number of alkyl halides is 2. The van der Waals surface area contributed by atoms with E-state index in [-0.39, 0.29) is 17.3 Å². The van der Waals surface area contributed by atoms with E-state index < -0.39 is 11.8 Å². The largest absolute Gasteiger partial charge is 0.288 e. The number of hydrogen-bond acceptors (Lipinski definition) is 2. The predicted octanol–water partition coefficient (Wildman–Crippen LogP) is 2.70. The van der Waals surface area contributed by atoms with Crippen molar-refractivity contribution in [2.45, 2.75) is 32.1 Å². The number of carbonyl (C=O) groups is 1. The van der Waals surface area contributed by atoms with Crippen molar-refractivity contribution in [2.75, 3.05) is 5.75 Å². The molecule has 12 heavy (non-hydrogen) atoms. The third kappa shape index (κ3) is 2.44. The van der Waals surface area contributed by atoms with Gasteiger partial charge in [-0.2, -0.15) is 0 Å². The average Bonchev–Trinajstić information content (AvgIpc) is 2.25. The van der Waals surface area contributed by atoms with E-state index in [0.29, 0.717) is 12.8 Å². The molecule has 1 atom stereocenters. The molecule has 0 amide bonds. The molecule has 0 bridgehead atoms. The number of carbonyl (C=O) groups excluding carboxylic acids is 1. The highest BCUT2D eigenvalue weighted by Gasteiger charge is 2.43. The first-order valence-corrected chi connectivity index (χ1v) is 5.02. The molecule has 1 nitrogen and oxygen atoms in total. The lowest BCUT2D eigenvalue weighted by Gasteiger charge is -2.17. The van der Waals surface area contributed by atoms with Crippen LogP contribution in [-0.4, -0.2) is 16.8 Å². The molecule has 0 heterocycles. The van der Waals surface area contributed by atoms with Gasteiger partial charge in [-0.1, -0.05) is 11.8 Å². The second-order valence-corrected chi connectivity index (χ2v) is 4.35. The zero-order valence-electron chi connectivity index (χ0n) is 6.98. The van der Waals surface area contributed by atoms with E-state index in [2.05, 4.69) is 0 Å².